The molecule has 158 valence electrons. The molecule has 1 amide bonds. The van der Waals surface area contributed by atoms with E-state index < -0.39 is 0 Å². The SMILES string of the molecule is CN1C(=O)C=C[C@@]2(C)C1CC[C@@H]1[C@H]2CC[C@]2(C)C(c3nc4ncncc4[nH]3)CC[C@@H]12. The van der Waals surface area contributed by atoms with E-state index in [1.165, 1.54) is 32.1 Å². The van der Waals surface area contributed by atoms with Crippen LogP contribution in [-0.4, -0.2) is 43.8 Å². The van der Waals surface area contributed by atoms with Crippen molar-refractivity contribution in [3.8, 4) is 0 Å². The molecule has 0 radical (unpaired) electrons. The summed E-state index contributed by atoms with van der Waals surface area (Å²) in [5, 5.41) is 0. The Hall–Kier alpha value is -2.24. The molecule has 2 aromatic rings. The maximum absolute atomic E-state index is 12.3. The van der Waals surface area contributed by atoms with Gasteiger partial charge in [-0.1, -0.05) is 19.9 Å². The van der Waals surface area contributed by atoms with E-state index in [1.807, 2.05) is 24.2 Å². The van der Waals surface area contributed by atoms with Crippen LogP contribution in [0.3, 0.4) is 0 Å². The highest BCUT2D eigenvalue weighted by atomic mass is 16.2. The number of aromatic nitrogens is 4. The molecule has 1 aliphatic heterocycles. The molecule has 0 bridgehead atoms. The van der Waals surface area contributed by atoms with E-state index in [9.17, 15) is 4.79 Å². The molecule has 6 nitrogen and oxygen atoms in total. The lowest BCUT2D eigenvalue weighted by Gasteiger charge is -2.60. The number of hydrogen-bond acceptors (Lipinski definition) is 4. The standard InChI is InChI=1S/C24H31N5O/c1-23-10-8-16-14(4-7-19-24(16,2)11-9-20(30)29(19)3)15(23)5-6-17(23)21-27-18-12-25-13-26-22(18)28-21/h9,11-17,19H,4-8,10H2,1-3H3,(H,25,26,27,28)/t14-,15-,16+,17?,19?,23-,24+/m0/s1. The van der Waals surface area contributed by atoms with Crippen LogP contribution in [0.15, 0.2) is 24.7 Å². The average Bonchev–Trinajstić information content (AvgIpc) is 3.31. The van der Waals surface area contributed by atoms with Gasteiger partial charge in [0.25, 0.3) is 0 Å². The molecule has 0 spiro atoms. The van der Waals surface area contributed by atoms with Crippen LogP contribution >= 0.6 is 0 Å². The van der Waals surface area contributed by atoms with Gasteiger partial charge in [0, 0.05) is 24.4 Å². The highest BCUT2D eigenvalue weighted by Crippen LogP contribution is 2.67. The first-order valence-electron chi connectivity index (χ1n) is 11.5. The lowest BCUT2D eigenvalue weighted by molar-refractivity contribution is -0.138. The zero-order valence-electron chi connectivity index (χ0n) is 18.1. The smallest absolute Gasteiger partial charge is 0.246 e. The van der Waals surface area contributed by atoms with Gasteiger partial charge in [-0.15, -0.1) is 0 Å². The molecular weight excluding hydrogens is 374 g/mol. The Morgan fingerprint density at radius 3 is 2.83 bits per heavy atom. The van der Waals surface area contributed by atoms with E-state index in [0.29, 0.717) is 17.9 Å². The minimum Gasteiger partial charge on any atom is -0.339 e. The highest BCUT2D eigenvalue weighted by molar-refractivity contribution is 5.89. The van der Waals surface area contributed by atoms with Crippen LogP contribution in [0.5, 0.6) is 0 Å². The molecule has 6 rings (SSSR count). The lowest BCUT2D eigenvalue weighted by Crippen LogP contribution is -2.59. The van der Waals surface area contributed by atoms with E-state index in [1.54, 1.807) is 6.33 Å². The minimum absolute atomic E-state index is 0.111. The Balaban J connectivity index is 1.34. The summed E-state index contributed by atoms with van der Waals surface area (Å²) < 4.78 is 0. The zero-order valence-corrected chi connectivity index (χ0v) is 18.1. The van der Waals surface area contributed by atoms with Gasteiger partial charge in [-0.05, 0) is 67.8 Å². The van der Waals surface area contributed by atoms with Crippen molar-refractivity contribution in [3.63, 3.8) is 0 Å². The van der Waals surface area contributed by atoms with E-state index in [0.717, 1.165) is 35.2 Å². The monoisotopic (exact) mass is 405 g/mol. The number of nitrogens with one attached hydrogen (secondary N) is 1. The molecule has 2 aromatic heterocycles. The van der Waals surface area contributed by atoms with Crippen molar-refractivity contribution in [3.05, 3.63) is 30.5 Å². The average molecular weight is 406 g/mol. The number of likely N-dealkylation sites (N-methyl/N-ethyl adjacent to an activating group) is 1. The van der Waals surface area contributed by atoms with Crippen molar-refractivity contribution in [2.24, 2.45) is 28.6 Å². The largest absolute Gasteiger partial charge is 0.339 e. The van der Waals surface area contributed by atoms with Gasteiger partial charge in [-0.25, -0.2) is 15.0 Å². The Kier molecular flexibility index (Phi) is 3.79. The Morgan fingerprint density at radius 1 is 1.13 bits per heavy atom. The molecular formula is C24H31N5O. The highest BCUT2D eigenvalue weighted by Gasteiger charge is 2.60. The molecule has 1 N–H and O–H groups in total. The molecule has 0 aromatic carbocycles. The summed E-state index contributed by atoms with van der Waals surface area (Å²) in [5.41, 5.74) is 2.13. The molecule has 3 aliphatic carbocycles. The summed E-state index contributed by atoms with van der Waals surface area (Å²) in [4.78, 5) is 31.2. The van der Waals surface area contributed by atoms with Crippen LogP contribution < -0.4 is 0 Å². The van der Waals surface area contributed by atoms with E-state index >= 15 is 0 Å². The molecule has 0 saturated heterocycles. The Bertz CT molecular complexity index is 1010. The maximum Gasteiger partial charge on any atom is 0.246 e. The first-order valence-corrected chi connectivity index (χ1v) is 11.5. The fourth-order valence-corrected chi connectivity index (χ4v) is 8.13. The van der Waals surface area contributed by atoms with Crippen molar-refractivity contribution in [1.29, 1.82) is 0 Å². The van der Waals surface area contributed by atoms with Crippen LogP contribution in [-0.2, 0) is 4.79 Å². The number of nitrogens with zero attached hydrogens (tertiary/aromatic N) is 4. The fourth-order valence-electron chi connectivity index (χ4n) is 8.13. The predicted molar refractivity (Wildman–Crippen MR) is 115 cm³/mol. The van der Waals surface area contributed by atoms with Gasteiger partial charge >= 0.3 is 0 Å². The fraction of sp³-hybridized carbons (Fsp3) is 0.667. The van der Waals surface area contributed by atoms with Crippen LogP contribution in [0.1, 0.15) is 64.1 Å². The normalized spacial score (nSPS) is 42.8. The minimum atomic E-state index is 0.111. The summed E-state index contributed by atoms with van der Waals surface area (Å²) in [6, 6.07) is 0.353. The number of fused-ring (bicyclic) bond motifs is 6. The third-order valence-corrected chi connectivity index (χ3v) is 9.64. The molecule has 3 heterocycles. The number of H-pyrrole nitrogens is 1. The first-order chi connectivity index (χ1) is 14.4. The number of rotatable bonds is 1. The van der Waals surface area contributed by atoms with E-state index in [4.69, 9.17) is 4.98 Å². The van der Waals surface area contributed by atoms with Crippen LogP contribution in [0.25, 0.3) is 11.2 Å². The van der Waals surface area contributed by atoms with Crippen LogP contribution in [0, 0.1) is 28.6 Å². The van der Waals surface area contributed by atoms with Gasteiger partial charge in [0.2, 0.25) is 5.91 Å². The summed E-state index contributed by atoms with van der Waals surface area (Å²) in [7, 11) is 2.00. The zero-order chi connectivity index (χ0) is 20.7. The molecule has 3 saturated carbocycles. The quantitative estimate of drug-likeness (QED) is 0.776. The molecule has 7 atom stereocenters. The van der Waals surface area contributed by atoms with Crippen molar-refractivity contribution in [2.45, 2.75) is 64.3 Å². The van der Waals surface area contributed by atoms with Gasteiger partial charge in [-0.2, -0.15) is 0 Å². The van der Waals surface area contributed by atoms with Crippen molar-refractivity contribution in [1.82, 2.24) is 24.8 Å². The van der Waals surface area contributed by atoms with Gasteiger partial charge in [0.05, 0.1) is 6.20 Å². The first kappa shape index (κ1) is 18.5. The Labute approximate surface area is 177 Å². The molecule has 4 aliphatic rings. The molecule has 6 heteroatoms. The van der Waals surface area contributed by atoms with Gasteiger partial charge in [0.15, 0.2) is 5.65 Å². The Morgan fingerprint density at radius 2 is 2.00 bits per heavy atom. The van der Waals surface area contributed by atoms with Gasteiger partial charge in [0.1, 0.15) is 17.7 Å². The third kappa shape index (κ3) is 2.31. The third-order valence-electron chi connectivity index (χ3n) is 9.64. The van der Waals surface area contributed by atoms with Crippen LogP contribution in [0.4, 0.5) is 0 Å². The van der Waals surface area contributed by atoms with Crippen molar-refractivity contribution >= 4 is 17.1 Å². The second-order valence-electron chi connectivity index (χ2n) is 10.7. The molecule has 30 heavy (non-hydrogen) atoms. The topological polar surface area (TPSA) is 74.8 Å². The predicted octanol–water partition coefficient (Wildman–Crippen LogP) is 4.08. The van der Waals surface area contributed by atoms with Gasteiger partial charge in [-0.3, -0.25) is 4.79 Å². The second-order valence-corrected chi connectivity index (χ2v) is 10.7. The number of aromatic amines is 1. The van der Waals surface area contributed by atoms with E-state index in [-0.39, 0.29) is 16.7 Å². The second kappa shape index (κ2) is 6.14. The summed E-state index contributed by atoms with van der Waals surface area (Å²) >= 11 is 0. The maximum atomic E-state index is 12.3. The molecule has 3 fully saturated rings. The van der Waals surface area contributed by atoms with E-state index in [2.05, 4.69) is 34.9 Å². The summed E-state index contributed by atoms with van der Waals surface area (Å²) in [5.74, 6) is 3.89. The number of hydrogen-bond donors (Lipinski definition) is 1. The van der Waals surface area contributed by atoms with Crippen LogP contribution in [0.2, 0.25) is 0 Å². The number of imidazole rings is 1. The lowest BCUT2D eigenvalue weighted by atomic mass is 9.47. The van der Waals surface area contributed by atoms with Crippen molar-refractivity contribution in [2.75, 3.05) is 7.05 Å². The number of carbonyl (C=O) groups excluding carboxylic acids is 1. The molecule has 2 unspecified atom stereocenters. The summed E-state index contributed by atoms with van der Waals surface area (Å²) in [6.07, 6.45) is 14.8. The summed E-state index contributed by atoms with van der Waals surface area (Å²) in [6.45, 7) is 4.94. The number of amides is 1. The van der Waals surface area contributed by atoms with Gasteiger partial charge < -0.3 is 9.88 Å². The van der Waals surface area contributed by atoms with Crippen molar-refractivity contribution < 1.29 is 4.79 Å². The number of carbonyl (C=O) groups is 1.